The van der Waals surface area contributed by atoms with Gasteiger partial charge in [-0.25, -0.2) is 0 Å². The molecular formula is C15H22N2O. The molecule has 2 fully saturated rings. The summed E-state index contributed by atoms with van der Waals surface area (Å²) in [4.78, 5) is 5.27. The summed E-state index contributed by atoms with van der Waals surface area (Å²) in [6, 6.07) is 8.47. The molecule has 0 N–H and O–H groups in total. The molecule has 2 saturated heterocycles. The summed E-state index contributed by atoms with van der Waals surface area (Å²) >= 11 is 0. The van der Waals surface area contributed by atoms with Gasteiger partial charge in [0.05, 0.1) is 13.3 Å². The van der Waals surface area contributed by atoms with Gasteiger partial charge in [0.25, 0.3) is 0 Å². The van der Waals surface area contributed by atoms with E-state index in [0.29, 0.717) is 6.17 Å². The molecule has 2 heterocycles. The second kappa shape index (κ2) is 5.29. The zero-order valence-corrected chi connectivity index (χ0v) is 11.1. The van der Waals surface area contributed by atoms with Crippen LogP contribution in [-0.2, 0) is 6.54 Å². The Morgan fingerprint density at radius 2 is 2.11 bits per heavy atom. The Morgan fingerprint density at radius 3 is 3.00 bits per heavy atom. The molecule has 0 aromatic heterocycles. The van der Waals surface area contributed by atoms with Crippen LogP contribution < -0.4 is 4.74 Å². The van der Waals surface area contributed by atoms with Crippen molar-refractivity contribution < 1.29 is 4.74 Å². The van der Waals surface area contributed by atoms with E-state index in [1.807, 2.05) is 6.07 Å². The van der Waals surface area contributed by atoms with E-state index in [1.54, 1.807) is 7.11 Å². The van der Waals surface area contributed by atoms with E-state index in [1.165, 1.54) is 44.5 Å². The molecule has 3 heteroatoms. The van der Waals surface area contributed by atoms with Crippen molar-refractivity contribution in [3.8, 4) is 5.75 Å². The minimum absolute atomic E-state index is 0.685. The van der Waals surface area contributed by atoms with Crippen LogP contribution in [0.1, 0.15) is 24.8 Å². The zero-order chi connectivity index (χ0) is 12.4. The second-order valence-corrected chi connectivity index (χ2v) is 5.33. The summed E-state index contributed by atoms with van der Waals surface area (Å²) in [7, 11) is 1.73. The first-order chi connectivity index (χ1) is 8.86. The predicted molar refractivity (Wildman–Crippen MR) is 72.6 cm³/mol. The predicted octanol–water partition coefficient (Wildman–Crippen LogP) is 2.32. The van der Waals surface area contributed by atoms with Gasteiger partial charge in [0.15, 0.2) is 0 Å². The topological polar surface area (TPSA) is 15.7 Å². The fourth-order valence-electron chi connectivity index (χ4n) is 3.30. The van der Waals surface area contributed by atoms with Crippen molar-refractivity contribution in [2.24, 2.45) is 0 Å². The molecule has 1 aromatic rings. The summed E-state index contributed by atoms with van der Waals surface area (Å²) in [5.74, 6) is 0.966. The molecule has 2 aliphatic heterocycles. The number of hydrogen-bond acceptors (Lipinski definition) is 3. The van der Waals surface area contributed by atoms with Crippen LogP contribution in [0.25, 0.3) is 0 Å². The van der Waals surface area contributed by atoms with Gasteiger partial charge in [-0.15, -0.1) is 0 Å². The molecule has 0 bridgehead atoms. The Balaban J connectivity index is 1.70. The Morgan fingerprint density at radius 1 is 1.22 bits per heavy atom. The van der Waals surface area contributed by atoms with E-state index in [2.05, 4.69) is 28.0 Å². The Kier molecular flexibility index (Phi) is 3.52. The molecule has 0 radical (unpaired) electrons. The summed E-state index contributed by atoms with van der Waals surface area (Å²) in [6.07, 6.45) is 4.69. The van der Waals surface area contributed by atoms with Crippen molar-refractivity contribution in [2.45, 2.75) is 32.0 Å². The molecule has 18 heavy (non-hydrogen) atoms. The first-order valence-electron chi connectivity index (χ1n) is 6.98. The Labute approximate surface area is 109 Å². The molecule has 1 atom stereocenters. The molecule has 1 aromatic carbocycles. The first-order valence-corrected chi connectivity index (χ1v) is 6.98. The van der Waals surface area contributed by atoms with Crippen LogP contribution in [0.5, 0.6) is 5.75 Å². The largest absolute Gasteiger partial charge is 0.497 e. The number of nitrogens with zero attached hydrogens (tertiary/aromatic N) is 2. The van der Waals surface area contributed by atoms with Crippen LogP contribution in [-0.4, -0.2) is 42.7 Å². The second-order valence-electron chi connectivity index (χ2n) is 5.33. The van der Waals surface area contributed by atoms with Gasteiger partial charge in [-0.2, -0.15) is 0 Å². The van der Waals surface area contributed by atoms with Crippen molar-refractivity contribution in [1.29, 1.82) is 0 Å². The molecule has 2 aliphatic rings. The molecule has 1 unspecified atom stereocenters. The fraction of sp³-hybridized carbons (Fsp3) is 0.600. The van der Waals surface area contributed by atoms with Gasteiger partial charge in [0, 0.05) is 19.6 Å². The van der Waals surface area contributed by atoms with Crippen LogP contribution in [0.3, 0.4) is 0 Å². The number of ether oxygens (including phenoxy) is 1. The van der Waals surface area contributed by atoms with Crippen LogP contribution >= 0.6 is 0 Å². The van der Waals surface area contributed by atoms with Crippen LogP contribution in [0.2, 0.25) is 0 Å². The molecule has 0 saturated carbocycles. The quantitative estimate of drug-likeness (QED) is 0.814. The lowest BCUT2D eigenvalue weighted by atomic mass is 10.1. The van der Waals surface area contributed by atoms with Gasteiger partial charge in [0.1, 0.15) is 5.75 Å². The highest BCUT2D eigenvalue weighted by molar-refractivity contribution is 5.28. The zero-order valence-electron chi connectivity index (χ0n) is 11.1. The number of hydrogen-bond donors (Lipinski definition) is 0. The van der Waals surface area contributed by atoms with Crippen LogP contribution in [0.15, 0.2) is 24.3 Å². The number of rotatable bonds is 3. The Bertz CT molecular complexity index is 407. The minimum Gasteiger partial charge on any atom is -0.497 e. The summed E-state index contributed by atoms with van der Waals surface area (Å²) < 4.78 is 5.30. The number of benzene rings is 1. The highest BCUT2D eigenvalue weighted by Gasteiger charge is 2.32. The van der Waals surface area contributed by atoms with E-state index in [4.69, 9.17) is 4.74 Å². The van der Waals surface area contributed by atoms with Crippen molar-refractivity contribution in [2.75, 3.05) is 26.7 Å². The van der Waals surface area contributed by atoms with Gasteiger partial charge >= 0.3 is 0 Å². The monoisotopic (exact) mass is 246 g/mol. The summed E-state index contributed by atoms with van der Waals surface area (Å²) in [5.41, 5.74) is 1.36. The van der Waals surface area contributed by atoms with Crippen LogP contribution in [0.4, 0.5) is 0 Å². The third kappa shape index (κ3) is 2.38. The lowest BCUT2D eigenvalue weighted by Crippen LogP contribution is -2.49. The molecule has 3 nitrogen and oxygen atoms in total. The SMILES string of the molecule is COc1cccc(CN2CCCN3CCCC32)c1. The lowest BCUT2D eigenvalue weighted by Gasteiger charge is -2.40. The van der Waals surface area contributed by atoms with Gasteiger partial charge in [-0.1, -0.05) is 12.1 Å². The molecule has 0 aliphatic carbocycles. The first kappa shape index (κ1) is 12.0. The van der Waals surface area contributed by atoms with Crippen molar-refractivity contribution in [3.63, 3.8) is 0 Å². The standard InChI is InChI=1S/C15H22N2O/c1-18-14-6-2-5-13(11-14)12-17-10-4-9-16-8-3-7-15(16)17/h2,5-6,11,15H,3-4,7-10,12H2,1H3. The molecular weight excluding hydrogens is 224 g/mol. The number of methoxy groups -OCH3 is 1. The lowest BCUT2D eigenvalue weighted by molar-refractivity contribution is 0.0286. The van der Waals surface area contributed by atoms with E-state index in [-0.39, 0.29) is 0 Å². The third-order valence-electron chi connectivity index (χ3n) is 4.16. The normalized spacial score (nSPS) is 25.1. The highest BCUT2D eigenvalue weighted by atomic mass is 16.5. The van der Waals surface area contributed by atoms with E-state index < -0.39 is 0 Å². The molecule has 3 rings (SSSR count). The summed E-state index contributed by atoms with van der Waals surface area (Å²) in [5, 5.41) is 0. The minimum atomic E-state index is 0.685. The van der Waals surface area contributed by atoms with E-state index in [0.717, 1.165) is 12.3 Å². The average molecular weight is 246 g/mol. The van der Waals surface area contributed by atoms with Crippen molar-refractivity contribution in [3.05, 3.63) is 29.8 Å². The van der Waals surface area contributed by atoms with Crippen molar-refractivity contribution >= 4 is 0 Å². The third-order valence-corrected chi connectivity index (χ3v) is 4.16. The van der Waals surface area contributed by atoms with E-state index in [9.17, 15) is 0 Å². The maximum Gasteiger partial charge on any atom is 0.119 e. The van der Waals surface area contributed by atoms with Gasteiger partial charge in [-0.05, 0) is 43.5 Å². The van der Waals surface area contributed by atoms with Gasteiger partial charge in [0.2, 0.25) is 0 Å². The Hall–Kier alpha value is -1.06. The molecule has 0 spiro atoms. The smallest absolute Gasteiger partial charge is 0.119 e. The van der Waals surface area contributed by atoms with E-state index >= 15 is 0 Å². The summed E-state index contributed by atoms with van der Waals surface area (Å²) in [6.45, 7) is 4.87. The van der Waals surface area contributed by atoms with Crippen molar-refractivity contribution in [1.82, 2.24) is 9.80 Å². The molecule has 0 amide bonds. The fourth-order valence-corrected chi connectivity index (χ4v) is 3.30. The van der Waals surface area contributed by atoms with Gasteiger partial charge < -0.3 is 4.74 Å². The number of fused-ring (bicyclic) bond motifs is 1. The highest BCUT2D eigenvalue weighted by Crippen LogP contribution is 2.27. The average Bonchev–Trinajstić information content (AvgIpc) is 2.88. The van der Waals surface area contributed by atoms with Crippen LogP contribution in [0, 0.1) is 0 Å². The van der Waals surface area contributed by atoms with Gasteiger partial charge in [-0.3, -0.25) is 9.80 Å². The maximum atomic E-state index is 5.30. The molecule has 98 valence electrons. The maximum absolute atomic E-state index is 5.30.